The summed E-state index contributed by atoms with van der Waals surface area (Å²) in [6, 6.07) is 6.75. The first-order valence-corrected chi connectivity index (χ1v) is 8.77. The summed E-state index contributed by atoms with van der Waals surface area (Å²) in [6.07, 6.45) is 1.84. The number of rotatable bonds is 8. The number of sulfonamides is 1. The Morgan fingerprint density at radius 3 is 2.29 bits per heavy atom. The highest BCUT2D eigenvalue weighted by molar-refractivity contribution is 7.89. The van der Waals surface area contributed by atoms with E-state index in [9.17, 15) is 13.2 Å². The van der Waals surface area contributed by atoms with Gasteiger partial charge in [0, 0.05) is 18.4 Å². The molecule has 0 aliphatic heterocycles. The summed E-state index contributed by atoms with van der Waals surface area (Å²) in [5.74, 6) is 0.212. The van der Waals surface area contributed by atoms with Crippen LogP contribution in [0.1, 0.15) is 45.6 Å². The molecule has 4 nitrogen and oxygen atoms in total. The van der Waals surface area contributed by atoms with Crippen LogP contribution in [0.15, 0.2) is 29.2 Å². The zero-order valence-electron chi connectivity index (χ0n) is 13.3. The van der Waals surface area contributed by atoms with Crippen LogP contribution in [-0.4, -0.2) is 20.7 Å². The monoisotopic (exact) mass is 311 g/mol. The van der Waals surface area contributed by atoms with Crippen LogP contribution < -0.4 is 4.72 Å². The van der Waals surface area contributed by atoms with Crippen LogP contribution in [0.25, 0.3) is 0 Å². The Bertz CT molecular complexity index is 574. The summed E-state index contributed by atoms with van der Waals surface area (Å²) in [6.45, 7) is 7.93. The molecule has 0 aromatic heterocycles. The summed E-state index contributed by atoms with van der Waals surface area (Å²) >= 11 is 0. The molecule has 1 aromatic rings. The van der Waals surface area contributed by atoms with Crippen molar-refractivity contribution in [1.29, 1.82) is 0 Å². The summed E-state index contributed by atoms with van der Waals surface area (Å²) in [7, 11) is -3.46. The fourth-order valence-electron chi connectivity index (χ4n) is 2.16. The number of ketones is 1. The van der Waals surface area contributed by atoms with Gasteiger partial charge in [0.15, 0.2) is 0 Å². The van der Waals surface area contributed by atoms with Crippen LogP contribution in [-0.2, 0) is 14.8 Å². The van der Waals surface area contributed by atoms with Crippen molar-refractivity contribution in [3.8, 4) is 0 Å². The molecule has 0 spiro atoms. The lowest BCUT2D eigenvalue weighted by Gasteiger charge is -2.22. The minimum atomic E-state index is -3.46. The van der Waals surface area contributed by atoms with Crippen molar-refractivity contribution in [2.75, 3.05) is 6.54 Å². The highest BCUT2D eigenvalue weighted by Crippen LogP contribution is 2.24. The predicted octanol–water partition coefficient (Wildman–Crippen LogP) is 3.06. The smallest absolute Gasteiger partial charge is 0.240 e. The third-order valence-electron chi connectivity index (χ3n) is 3.68. The van der Waals surface area contributed by atoms with Crippen LogP contribution >= 0.6 is 0 Å². The van der Waals surface area contributed by atoms with Gasteiger partial charge in [-0.3, -0.25) is 4.79 Å². The molecule has 0 unspecified atom stereocenters. The Kier molecular flexibility index (Phi) is 6.10. The maximum Gasteiger partial charge on any atom is 0.240 e. The van der Waals surface area contributed by atoms with E-state index in [1.807, 2.05) is 27.7 Å². The molecule has 118 valence electrons. The van der Waals surface area contributed by atoms with Crippen LogP contribution in [0.4, 0.5) is 0 Å². The standard InChI is InChI=1S/C16H25NO3S/c1-5-15(18)16(3,4)11-6-12-17-21(19,20)14-9-7-13(2)8-10-14/h7-10,17H,5-6,11-12H2,1-4H3. The molecule has 0 bridgehead atoms. The topological polar surface area (TPSA) is 63.2 Å². The largest absolute Gasteiger partial charge is 0.299 e. The molecule has 0 radical (unpaired) electrons. The molecule has 1 N–H and O–H groups in total. The number of hydrogen-bond donors (Lipinski definition) is 1. The second kappa shape index (κ2) is 7.18. The molecule has 1 rings (SSSR count). The predicted molar refractivity (Wildman–Crippen MR) is 84.7 cm³/mol. The first-order chi connectivity index (χ1) is 9.69. The molecule has 21 heavy (non-hydrogen) atoms. The normalized spacial score (nSPS) is 12.4. The van der Waals surface area contributed by atoms with Gasteiger partial charge in [-0.25, -0.2) is 13.1 Å². The Labute approximate surface area is 128 Å². The average Bonchev–Trinajstić information content (AvgIpc) is 2.43. The Balaban J connectivity index is 2.52. The molecular formula is C16H25NO3S. The lowest BCUT2D eigenvalue weighted by molar-refractivity contribution is -0.127. The molecular weight excluding hydrogens is 286 g/mol. The fourth-order valence-corrected chi connectivity index (χ4v) is 3.23. The van der Waals surface area contributed by atoms with Crippen LogP contribution in [0.3, 0.4) is 0 Å². The minimum absolute atomic E-state index is 0.212. The number of carbonyl (C=O) groups is 1. The first kappa shape index (κ1) is 17.9. The Morgan fingerprint density at radius 2 is 1.76 bits per heavy atom. The maximum absolute atomic E-state index is 12.1. The Morgan fingerprint density at radius 1 is 1.19 bits per heavy atom. The van der Waals surface area contributed by atoms with Crippen molar-refractivity contribution in [1.82, 2.24) is 4.72 Å². The van der Waals surface area contributed by atoms with E-state index in [1.54, 1.807) is 24.3 Å². The summed E-state index contributed by atoms with van der Waals surface area (Å²) in [5, 5.41) is 0. The van der Waals surface area contributed by atoms with Gasteiger partial charge < -0.3 is 0 Å². The molecule has 1 aromatic carbocycles. The van der Waals surface area contributed by atoms with Gasteiger partial charge in [-0.15, -0.1) is 0 Å². The SMILES string of the molecule is CCC(=O)C(C)(C)CCCNS(=O)(=O)c1ccc(C)cc1. The van der Waals surface area contributed by atoms with Crippen LogP contribution in [0.2, 0.25) is 0 Å². The van der Waals surface area contributed by atoms with Gasteiger partial charge in [0.25, 0.3) is 0 Å². The third-order valence-corrected chi connectivity index (χ3v) is 5.15. The zero-order chi connectivity index (χ0) is 16.1. The van der Waals surface area contributed by atoms with E-state index in [1.165, 1.54) is 0 Å². The van der Waals surface area contributed by atoms with Crippen molar-refractivity contribution in [2.24, 2.45) is 5.41 Å². The van der Waals surface area contributed by atoms with Gasteiger partial charge in [0.2, 0.25) is 10.0 Å². The van der Waals surface area contributed by atoms with Gasteiger partial charge in [-0.05, 0) is 31.9 Å². The number of nitrogens with one attached hydrogen (secondary N) is 1. The number of Topliss-reactive ketones (excluding diaryl/α,β-unsaturated/α-hetero) is 1. The highest BCUT2D eigenvalue weighted by atomic mass is 32.2. The van der Waals surface area contributed by atoms with Crippen molar-refractivity contribution < 1.29 is 13.2 Å². The van der Waals surface area contributed by atoms with Crippen molar-refractivity contribution in [3.05, 3.63) is 29.8 Å². The van der Waals surface area contributed by atoms with E-state index in [0.29, 0.717) is 25.8 Å². The van der Waals surface area contributed by atoms with Crippen molar-refractivity contribution >= 4 is 15.8 Å². The van der Waals surface area contributed by atoms with E-state index in [-0.39, 0.29) is 16.1 Å². The molecule has 5 heteroatoms. The quantitative estimate of drug-likeness (QED) is 0.751. The van der Waals surface area contributed by atoms with E-state index in [4.69, 9.17) is 0 Å². The lowest BCUT2D eigenvalue weighted by Crippen LogP contribution is -2.28. The lowest BCUT2D eigenvalue weighted by atomic mass is 9.82. The second-order valence-corrected chi connectivity index (χ2v) is 7.74. The molecule has 0 aliphatic carbocycles. The molecule has 0 amide bonds. The number of carbonyl (C=O) groups excluding carboxylic acids is 1. The fraction of sp³-hybridized carbons (Fsp3) is 0.562. The van der Waals surface area contributed by atoms with E-state index in [2.05, 4.69) is 4.72 Å². The summed E-state index contributed by atoms with van der Waals surface area (Å²) in [4.78, 5) is 12.0. The third kappa shape index (κ3) is 5.25. The summed E-state index contributed by atoms with van der Waals surface area (Å²) in [5.41, 5.74) is 0.637. The van der Waals surface area contributed by atoms with E-state index < -0.39 is 10.0 Å². The molecule has 0 aliphatic rings. The summed E-state index contributed by atoms with van der Waals surface area (Å²) < 4.78 is 26.7. The van der Waals surface area contributed by atoms with Crippen LogP contribution in [0, 0.1) is 12.3 Å². The highest BCUT2D eigenvalue weighted by Gasteiger charge is 2.25. The van der Waals surface area contributed by atoms with E-state index in [0.717, 1.165) is 5.56 Å². The van der Waals surface area contributed by atoms with Crippen LogP contribution in [0.5, 0.6) is 0 Å². The van der Waals surface area contributed by atoms with Gasteiger partial charge >= 0.3 is 0 Å². The second-order valence-electron chi connectivity index (χ2n) is 5.97. The zero-order valence-corrected chi connectivity index (χ0v) is 14.1. The van der Waals surface area contributed by atoms with Gasteiger partial charge in [0.1, 0.15) is 5.78 Å². The van der Waals surface area contributed by atoms with Crippen molar-refractivity contribution in [3.63, 3.8) is 0 Å². The van der Waals surface area contributed by atoms with Crippen molar-refractivity contribution in [2.45, 2.75) is 51.9 Å². The average molecular weight is 311 g/mol. The van der Waals surface area contributed by atoms with E-state index >= 15 is 0 Å². The number of benzene rings is 1. The Hall–Kier alpha value is -1.20. The molecule has 0 saturated carbocycles. The molecule has 0 fully saturated rings. The van der Waals surface area contributed by atoms with Gasteiger partial charge in [0.05, 0.1) is 4.90 Å². The first-order valence-electron chi connectivity index (χ1n) is 7.28. The molecule has 0 atom stereocenters. The van der Waals surface area contributed by atoms with Gasteiger partial charge in [-0.1, -0.05) is 38.5 Å². The molecule has 0 saturated heterocycles. The van der Waals surface area contributed by atoms with Gasteiger partial charge in [-0.2, -0.15) is 0 Å². The number of aryl methyl sites for hydroxylation is 1. The number of hydrogen-bond acceptors (Lipinski definition) is 3. The minimum Gasteiger partial charge on any atom is -0.299 e. The maximum atomic E-state index is 12.1. The molecule has 0 heterocycles.